The van der Waals surface area contributed by atoms with E-state index in [1.807, 2.05) is 0 Å². The van der Waals surface area contributed by atoms with Crippen molar-refractivity contribution >= 4 is 11.7 Å². The molecule has 0 aromatic carbocycles. The second kappa shape index (κ2) is 6.28. The molecule has 1 amide bonds. The Labute approximate surface area is 123 Å². The minimum atomic E-state index is 0.129. The molecule has 3 nitrogen and oxygen atoms in total. The molecule has 0 aromatic rings. The summed E-state index contributed by atoms with van der Waals surface area (Å²) < 4.78 is 0. The maximum absolute atomic E-state index is 13.0. The van der Waals surface area contributed by atoms with Gasteiger partial charge in [-0.1, -0.05) is 33.1 Å². The van der Waals surface area contributed by atoms with Gasteiger partial charge in [0.1, 0.15) is 5.78 Å². The molecule has 0 radical (unpaired) electrons. The van der Waals surface area contributed by atoms with Gasteiger partial charge in [0.25, 0.3) is 0 Å². The maximum atomic E-state index is 13.0. The van der Waals surface area contributed by atoms with Crippen LogP contribution in [0.2, 0.25) is 0 Å². The molecule has 1 aliphatic carbocycles. The van der Waals surface area contributed by atoms with Crippen LogP contribution in [0.5, 0.6) is 0 Å². The first-order chi connectivity index (χ1) is 9.42. The average molecular weight is 279 g/mol. The Morgan fingerprint density at radius 1 is 1.10 bits per heavy atom. The summed E-state index contributed by atoms with van der Waals surface area (Å²) in [6, 6.07) is 0.152. The van der Waals surface area contributed by atoms with Crippen LogP contribution in [0.1, 0.15) is 72.1 Å². The van der Waals surface area contributed by atoms with Gasteiger partial charge in [-0.25, -0.2) is 0 Å². The van der Waals surface area contributed by atoms with E-state index in [-0.39, 0.29) is 23.2 Å². The smallest absolute Gasteiger partial charge is 0.226 e. The zero-order valence-corrected chi connectivity index (χ0v) is 13.3. The number of rotatable bonds is 3. The van der Waals surface area contributed by atoms with Crippen LogP contribution in [0.4, 0.5) is 0 Å². The van der Waals surface area contributed by atoms with E-state index in [2.05, 4.69) is 18.7 Å². The van der Waals surface area contributed by atoms with Gasteiger partial charge in [0.15, 0.2) is 0 Å². The lowest BCUT2D eigenvalue weighted by Gasteiger charge is -2.36. The molecule has 1 aliphatic heterocycles. The molecule has 0 spiro atoms. The first kappa shape index (κ1) is 15.5. The molecular formula is C17H29NO2. The highest BCUT2D eigenvalue weighted by molar-refractivity contribution is 5.82. The molecule has 1 heterocycles. The quantitative estimate of drug-likeness (QED) is 0.792. The number of hydrogen-bond acceptors (Lipinski definition) is 2. The molecule has 2 unspecified atom stereocenters. The Morgan fingerprint density at radius 2 is 1.85 bits per heavy atom. The topological polar surface area (TPSA) is 37.4 Å². The van der Waals surface area contributed by atoms with Gasteiger partial charge in [-0.05, 0) is 38.0 Å². The van der Waals surface area contributed by atoms with Gasteiger partial charge in [-0.15, -0.1) is 0 Å². The van der Waals surface area contributed by atoms with Crippen molar-refractivity contribution in [1.29, 1.82) is 0 Å². The van der Waals surface area contributed by atoms with Crippen molar-refractivity contribution in [2.24, 2.45) is 11.3 Å². The summed E-state index contributed by atoms with van der Waals surface area (Å²) in [6.07, 6.45) is 8.30. The summed E-state index contributed by atoms with van der Waals surface area (Å²) in [7, 11) is 0. The van der Waals surface area contributed by atoms with Gasteiger partial charge in [-0.2, -0.15) is 0 Å². The molecule has 3 heteroatoms. The van der Waals surface area contributed by atoms with Crippen molar-refractivity contribution < 1.29 is 9.59 Å². The van der Waals surface area contributed by atoms with Crippen molar-refractivity contribution in [3.63, 3.8) is 0 Å². The molecule has 2 aliphatic rings. The summed E-state index contributed by atoms with van der Waals surface area (Å²) in [5.41, 5.74) is 0.129. The first-order valence-corrected chi connectivity index (χ1v) is 8.22. The zero-order valence-electron chi connectivity index (χ0n) is 13.3. The van der Waals surface area contributed by atoms with E-state index in [1.165, 1.54) is 6.42 Å². The summed E-state index contributed by atoms with van der Waals surface area (Å²) in [6.45, 7) is 6.94. The van der Waals surface area contributed by atoms with Crippen LogP contribution in [0.15, 0.2) is 0 Å². The van der Waals surface area contributed by atoms with Crippen molar-refractivity contribution in [2.75, 3.05) is 6.54 Å². The largest absolute Gasteiger partial charge is 0.339 e. The molecule has 20 heavy (non-hydrogen) atoms. The molecule has 1 saturated heterocycles. The fourth-order valence-corrected chi connectivity index (χ4v) is 4.00. The number of likely N-dealkylation sites (tertiary alicyclic amines) is 1. The van der Waals surface area contributed by atoms with E-state index in [9.17, 15) is 9.59 Å². The standard InChI is InChI=1S/C17H29NO2/c1-13(19)12-14-8-5-4-6-11-18(14)16(20)15-9-7-10-17(15,2)3/h14-15H,4-12H2,1-3H3. The van der Waals surface area contributed by atoms with E-state index >= 15 is 0 Å². The van der Waals surface area contributed by atoms with Gasteiger partial charge in [0, 0.05) is 24.9 Å². The van der Waals surface area contributed by atoms with E-state index in [0.29, 0.717) is 12.3 Å². The number of nitrogens with zero attached hydrogens (tertiary/aromatic N) is 1. The fraction of sp³-hybridized carbons (Fsp3) is 0.882. The van der Waals surface area contributed by atoms with E-state index in [4.69, 9.17) is 0 Å². The molecule has 2 rings (SSSR count). The van der Waals surface area contributed by atoms with Crippen LogP contribution < -0.4 is 0 Å². The Hall–Kier alpha value is -0.860. The lowest BCUT2D eigenvalue weighted by atomic mass is 9.80. The van der Waals surface area contributed by atoms with Crippen LogP contribution in [0.25, 0.3) is 0 Å². The molecule has 114 valence electrons. The summed E-state index contributed by atoms with van der Waals surface area (Å²) in [5.74, 6) is 0.691. The second-order valence-corrected chi connectivity index (χ2v) is 7.37. The third-order valence-electron chi connectivity index (χ3n) is 5.24. The lowest BCUT2D eigenvalue weighted by Crippen LogP contribution is -2.46. The highest BCUT2D eigenvalue weighted by atomic mass is 16.2. The third kappa shape index (κ3) is 3.42. The molecular weight excluding hydrogens is 250 g/mol. The third-order valence-corrected chi connectivity index (χ3v) is 5.24. The Kier molecular flexibility index (Phi) is 4.87. The minimum Gasteiger partial charge on any atom is -0.339 e. The minimum absolute atomic E-state index is 0.129. The summed E-state index contributed by atoms with van der Waals surface area (Å²) in [4.78, 5) is 26.5. The number of hydrogen-bond donors (Lipinski definition) is 0. The molecule has 1 saturated carbocycles. The SMILES string of the molecule is CC(=O)CC1CCCCCN1C(=O)C1CCCC1(C)C. The average Bonchev–Trinajstić information content (AvgIpc) is 2.58. The van der Waals surface area contributed by atoms with Crippen molar-refractivity contribution in [2.45, 2.75) is 78.2 Å². The Morgan fingerprint density at radius 3 is 2.45 bits per heavy atom. The predicted octanol–water partition coefficient (Wildman–Crippen LogP) is 3.56. The van der Waals surface area contributed by atoms with Crippen LogP contribution in [0.3, 0.4) is 0 Å². The molecule has 0 N–H and O–H groups in total. The van der Waals surface area contributed by atoms with Gasteiger partial charge >= 0.3 is 0 Å². The molecule has 0 bridgehead atoms. The highest BCUT2D eigenvalue weighted by Gasteiger charge is 2.42. The molecule has 0 aromatic heterocycles. The maximum Gasteiger partial charge on any atom is 0.226 e. The fourth-order valence-electron chi connectivity index (χ4n) is 4.00. The number of Topliss-reactive ketones (excluding diaryl/α,β-unsaturated/α-hetero) is 1. The van der Waals surface area contributed by atoms with Crippen LogP contribution in [-0.2, 0) is 9.59 Å². The number of ketones is 1. The molecule has 2 atom stereocenters. The van der Waals surface area contributed by atoms with Crippen LogP contribution in [-0.4, -0.2) is 29.2 Å². The first-order valence-electron chi connectivity index (χ1n) is 8.22. The number of carbonyl (C=O) groups is 2. The van der Waals surface area contributed by atoms with Crippen LogP contribution in [0, 0.1) is 11.3 Å². The van der Waals surface area contributed by atoms with Gasteiger partial charge in [-0.3, -0.25) is 9.59 Å². The molecule has 2 fully saturated rings. The number of carbonyl (C=O) groups excluding carboxylic acids is 2. The monoisotopic (exact) mass is 279 g/mol. The van der Waals surface area contributed by atoms with E-state index < -0.39 is 0 Å². The summed E-state index contributed by atoms with van der Waals surface area (Å²) >= 11 is 0. The van der Waals surface area contributed by atoms with Crippen molar-refractivity contribution in [3.8, 4) is 0 Å². The zero-order chi connectivity index (χ0) is 14.8. The van der Waals surface area contributed by atoms with Crippen LogP contribution >= 0.6 is 0 Å². The summed E-state index contributed by atoms with van der Waals surface area (Å²) in [5, 5.41) is 0. The van der Waals surface area contributed by atoms with Gasteiger partial charge in [0.05, 0.1) is 0 Å². The van der Waals surface area contributed by atoms with Gasteiger partial charge in [0.2, 0.25) is 5.91 Å². The Bertz CT molecular complexity index is 375. The Balaban J connectivity index is 2.13. The number of amides is 1. The highest BCUT2D eigenvalue weighted by Crippen LogP contribution is 2.44. The normalized spacial score (nSPS) is 30.1. The van der Waals surface area contributed by atoms with Gasteiger partial charge < -0.3 is 4.90 Å². The lowest BCUT2D eigenvalue weighted by molar-refractivity contribution is -0.141. The van der Waals surface area contributed by atoms with E-state index in [1.54, 1.807) is 6.92 Å². The second-order valence-electron chi connectivity index (χ2n) is 7.37. The van der Waals surface area contributed by atoms with Crippen molar-refractivity contribution in [3.05, 3.63) is 0 Å². The van der Waals surface area contributed by atoms with E-state index in [0.717, 1.165) is 45.1 Å². The predicted molar refractivity (Wildman–Crippen MR) is 80.4 cm³/mol. The van der Waals surface area contributed by atoms with Crippen molar-refractivity contribution in [1.82, 2.24) is 4.90 Å².